The van der Waals surface area contributed by atoms with Gasteiger partial charge in [-0.05, 0) is 18.2 Å². The standard InChI is InChI=1S/C22H24N6O3/c29-19(10-11-27-12-14-28(15-13-27)16-6-2-1-3-7-16)23-26-22(31)20-17-8-4-5-9-18(17)21(30)25-24-20/h1-9H,10-15H2,(H,23,29)(H,25,30)(H,26,31). The third kappa shape index (κ3) is 4.89. The first-order valence-electron chi connectivity index (χ1n) is 10.2. The summed E-state index contributed by atoms with van der Waals surface area (Å²) in [6.45, 7) is 4.19. The molecule has 9 nitrogen and oxygen atoms in total. The number of hydrogen-bond acceptors (Lipinski definition) is 6. The van der Waals surface area contributed by atoms with Gasteiger partial charge in [0.1, 0.15) is 0 Å². The number of carbonyl (C=O) groups is 2. The second kappa shape index (κ2) is 9.40. The first kappa shape index (κ1) is 20.5. The number of carbonyl (C=O) groups excluding carboxylic acids is 2. The average Bonchev–Trinajstić information content (AvgIpc) is 2.82. The van der Waals surface area contributed by atoms with E-state index in [1.807, 2.05) is 18.2 Å². The number of benzene rings is 2. The summed E-state index contributed by atoms with van der Waals surface area (Å²) in [6, 6.07) is 17.0. The fraction of sp³-hybridized carbons (Fsp3) is 0.273. The monoisotopic (exact) mass is 420 g/mol. The van der Waals surface area contributed by atoms with Crippen LogP contribution in [0.2, 0.25) is 0 Å². The molecule has 2 heterocycles. The lowest BCUT2D eigenvalue weighted by molar-refractivity contribution is -0.122. The molecule has 4 rings (SSSR count). The van der Waals surface area contributed by atoms with Crippen LogP contribution in [0.4, 0.5) is 5.69 Å². The van der Waals surface area contributed by atoms with Gasteiger partial charge in [-0.2, -0.15) is 5.10 Å². The van der Waals surface area contributed by atoms with Gasteiger partial charge in [0.15, 0.2) is 5.69 Å². The molecular weight excluding hydrogens is 396 g/mol. The maximum atomic E-state index is 12.4. The molecule has 2 aromatic carbocycles. The second-order valence-electron chi connectivity index (χ2n) is 7.36. The summed E-state index contributed by atoms with van der Waals surface area (Å²) in [5.41, 5.74) is 5.69. The van der Waals surface area contributed by atoms with Gasteiger partial charge in [0, 0.05) is 50.2 Å². The van der Waals surface area contributed by atoms with Gasteiger partial charge in [-0.15, -0.1) is 0 Å². The Morgan fingerprint density at radius 2 is 1.58 bits per heavy atom. The molecule has 1 saturated heterocycles. The van der Waals surface area contributed by atoms with Crippen LogP contribution in [0.1, 0.15) is 16.9 Å². The summed E-state index contributed by atoms with van der Waals surface area (Å²) in [5.74, 6) is -0.871. The van der Waals surface area contributed by atoms with E-state index in [9.17, 15) is 14.4 Å². The van der Waals surface area contributed by atoms with Crippen molar-refractivity contribution in [2.45, 2.75) is 6.42 Å². The molecule has 160 valence electrons. The molecule has 1 aromatic heterocycles. The van der Waals surface area contributed by atoms with Crippen LogP contribution < -0.4 is 21.3 Å². The minimum absolute atomic E-state index is 0.0486. The molecule has 0 spiro atoms. The Labute approximate surface area is 179 Å². The van der Waals surface area contributed by atoms with E-state index in [0.29, 0.717) is 17.3 Å². The molecule has 2 amide bonds. The van der Waals surface area contributed by atoms with Crippen molar-refractivity contribution in [2.75, 3.05) is 37.6 Å². The number of hydrogen-bond donors (Lipinski definition) is 3. The molecule has 0 aliphatic carbocycles. The number of piperazine rings is 1. The fourth-order valence-corrected chi connectivity index (χ4v) is 3.66. The molecule has 0 radical (unpaired) electrons. The lowest BCUT2D eigenvalue weighted by atomic mass is 10.1. The Morgan fingerprint density at radius 3 is 2.32 bits per heavy atom. The number of nitrogens with one attached hydrogen (secondary N) is 3. The lowest BCUT2D eigenvalue weighted by Gasteiger charge is -2.36. The van der Waals surface area contributed by atoms with Gasteiger partial charge in [-0.1, -0.05) is 36.4 Å². The molecule has 0 bridgehead atoms. The summed E-state index contributed by atoms with van der Waals surface area (Å²) in [6.07, 6.45) is 0.269. The summed E-state index contributed by atoms with van der Waals surface area (Å²) < 4.78 is 0. The van der Waals surface area contributed by atoms with Crippen LogP contribution in [0.25, 0.3) is 10.8 Å². The number of aromatic amines is 1. The SMILES string of the molecule is O=C(CCN1CCN(c2ccccc2)CC1)NNC(=O)c1n[nH]c(=O)c2ccccc12. The first-order valence-corrected chi connectivity index (χ1v) is 10.2. The van der Waals surface area contributed by atoms with Crippen molar-refractivity contribution < 1.29 is 9.59 Å². The van der Waals surface area contributed by atoms with Crippen molar-refractivity contribution in [3.8, 4) is 0 Å². The number of rotatable bonds is 5. The van der Waals surface area contributed by atoms with E-state index in [-0.39, 0.29) is 23.6 Å². The average molecular weight is 420 g/mol. The van der Waals surface area contributed by atoms with E-state index in [4.69, 9.17) is 0 Å². The lowest BCUT2D eigenvalue weighted by Crippen LogP contribution is -2.48. The number of anilines is 1. The minimum Gasteiger partial charge on any atom is -0.369 e. The quantitative estimate of drug-likeness (QED) is 0.529. The van der Waals surface area contributed by atoms with Gasteiger partial charge in [-0.3, -0.25) is 30.1 Å². The Bertz CT molecular complexity index is 1120. The largest absolute Gasteiger partial charge is 0.369 e. The van der Waals surface area contributed by atoms with Crippen LogP contribution in [0.15, 0.2) is 59.4 Å². The highest BCUT2D eigenvalue weighted by molar-refractivity contribution is 6.05. The number of nitrogens with zero attached hydrogens (tertiary/aromatic N) is 3. The first-order chi connectivity index (χ1) is 15.1. The molecule has 3 aromatic rings. The van der Waals surface area contributed by atoms with E-state index >= 15 is 0 Å². The smallest absolute Gasteiger partial charge is 0.290 e. The van der Waals surface area contributed by atoms with Crippen molar-refractivity contribution in [1.82, 2.24) is 25.9 Å². The summed E-state index contributed by atoms with van der Waals surface area (Å²) >= 11 is 0. The Balaban J connectivity index is 1.24. The highest BCUT2D eigenvalue weighted by Crippen LogP contribution is 2.15. The maximum Gasteiger partial charge on any atom is 0.290 e. The Hall–Kier alpha value is -3.72. The molecule has 1 aliphatic heterocycles. The number of para-hydroxylation sites is 1. The third-order valence-corrected chi connectivity index (χ3v) is 5.38. The molecule has 3 N–H and O–H groups in total. The van der Waals surface area contributed by atoms with Crippen molar-refractivity contribution in [1.29, 1.82) is 0 Å². The number of fused-ring (bicyclic) bond motifs is 1. The molecule has 9 heteroatoms. The van der Waals surface area contributed by atoms with Crippen LogP contribution in [-0.2, 0) is 4.79 Å². The normalized spacial score (nSPS) is 14.4. The summed E-state index contributed by atoms with van der Waals surface area (Å²) in [4.78, 5) is 41.0. The number of aromatic nitrogens is 2. The Kier molecular flexibility index (Phi) is 6.23. The van der Waals surface area contributed by atoms with Crippen molar-refractivity contribution >= 4 is 28.3 Å². The molecular formula is C22H24N6O3. The summed E-state index contributed by atoms with van der Waals surface area (Å²) in [7, 11) is 0. The molecule has 1 fully saturated rings. The van der Waals surface area contributed by atoms with Gasteiger partial charge >= 0.3 is 0 Å². The molecule has 31 heavy (non-hydrogen) atoms. The van der Waals surface area contributed by atoms with Gasteiger partial charge in [0.25, 0.3) is 11.5 Å². The van der Waals surface area contributed by atoms with Crippen molar-refractivity contribution in [2.24, 2.45) is 0 Å². The van der Waals surface area contributed by atoms with Gasteiger partial charge in [0.2, 0.25) is 5.91 Å². The Morgan fingerprint density at radius 1 is 0.903 bits per heavy atom. The van der Waals surface area contributed by atoms with E-state index in [1.54, 1.807) is 24.3 Å². The van der Waals surface area contributed by atoms with Crippen LogP contribution in [0.5, 0.6) is 0 Å². The topological polar surface area (TPSA) is 110 Å². The molecule has 0 unspecified atom stereocenters. The number of H-pyrrole nitrogens is 1. The molecule has 1 aliphatic rings. The van der Waals surface area contributed by atoms with Crippen LogP contribution in [0, 0.1) is 0 Å². The molecule has 0 atom stereocenters. The predicted molar refractivity (Wildman–Crippen MR) is 118 cm³/mol. The zero-order chi connectivity index (χ0) is 21.6. The highest BCUT2D eigenvalue weighted by atomic mass is 16.2. The highest BCUT2D eigenvalue weighted by Gasteiger charge is 2.18. The van der Waals surface area contributed by atoms with Gasteiger partial charge in [-0.25, -0.2) is 5.10 Å². The zero-order valence-electron chi connectivity index (χ0n) is 17.0. The van der Waals surface area contributed by atoms with Crippen molar-refractivity contribution in [3.63, 3.8) is 0 Å². The fourth-order valence-electron chi connectivity index (χ4n) is 3.66. The number of hydrazine groups is 1. The van der Waals surface area contributed by atoms with Crippen molar-refractivity contribution in [3.05, 3.63) is 70.6 Å². The summed E-state index contributed by atoms with van der Waals surface area (Å²) in [5, 5.41) is 6.92. The van der Waals surface area contributed by atoms with E-state index in [2.05, 4.69) is 43.0 Å². The van der Waals surface area contributed by atoms with E-state index in [1.165, 1.54) is 5.69 Å². The second-order valence-corrected chi connectivity index (χ2v) is 7.36. The molecule has 0 saturated carbocycles. The van der Waals surface area contributed by atoms with Crippen LogP contribution in [-0.4, -0.2) is 59.6 Å². The van der Waals surface area contributed by atoms with Gasteiger partial charge in [0.05, 0.1) is 5.39 Å². The zero-order valence-corrected chi connectivity index (χ0v) is 17.0. The minimum atomic E-state index is -0.586. The van der Waals surface area contributed by atoms with Crippen LogP contribution >= 0.6 is 0 Å². The van der Waals surface area contributed by atoms with E-state index < -0.39 is 5.91 Å². The van der Waals surface area contributed by atoms with Crippen LogP contribution in [0.3, 0.4) is 0 Å². The third-order valence-electron chi connectivity index (χ3n) is 5.38. The van der Waals surface area contributed by atoms with Gasteiger partial charge < -0.3 is 4.90 Å². The van der Waals surface area contributed by atoms with E-state index in [0.717, 1.165) is 26.2 Å². The maximum absolute atomic E-state index is 12.4. The number of amides is 2. The predicted octanol–water partition coefficient (Wildman–Crippen LogP) is 0.896.